The van der Waals surface area contributed by atoms with E-state index in [2.05, 4.69) is 20.9 Å². The first-order valence-electron chi connectivity index (χ1n) is 2.77. The van der Waals surface area contributed by atoms with Crippen molar-refractivity contribution in [3.63, 3.8) is 0 Å². The third-order valence-electron chi connectivity index (χ3n) is 1.05. The number of hydrogen-bond donors (Lipinski definition) is 1. The summed E-state index contributed by atoms with van der Waals surface area (Å²) >= 11 is 3.00. The van der Waals surface area contributed by atoms with Crippen LogP contribution in [0.15, 0.2) is 20.8 Å². The summed E-state index contributed by atoms with van der Waals surface area (Å²) in [5.74, 6) is 0. The third kappa shape index (κ3) is 1.95. The van der Waals surface area contributed by atoms with Crippen molar-refractivity contribution < 1.29 is 0 Å². The molecule has 6 heteroatoms. The van der Waals surface area contributed by atoms with Gasteiger partial charge in [-0.15, -0.1) is 0 Å². The van der Waals surface area contributed by atoms with Gasteiger partial charge in [-0.3, -0.25) is 9.59 Å². The van der Waals surface area contributed by atoms with Crippen LogP contribution < -0.4 is 16.2 Å². The molecule has 0 unspecified atom stereocenters. The van der Waals surface area contributed by atoms with Crippen molar-refractivity contribution in [2.24, 2.45) is 0 Å². The fourth-order valence-corrected chi connectivity index (χ4v) is 0.860. The Hall–Kier alpha value is -2.10. The smallest absolute Gasteiger partial charge is 0.177 e. The van der Waals surface area contributed by atoms with E-state index in [1.54, 1.807) is 0 Å². The minimum Gasteiger partial charge on any atom is -0.407 e. The first-order chi connectivity index (χ1) is 5.24. The number of aromatic nitrogens is 2. The summed E-state index contributed by atoms with van der Waals surface area (Å²) in [6.07, 6.45) is 2.73. The van der Waals surface area contributed by atoms with Crippen LogP contribution in [-0.2, 0) is 0 Å². The molecule has 1 rings (SSSR count). The van der Waals surface area contributed by atoms with Gasteiger partial charge in [-0.05, 0) is 11.1 Å². The van der Waals surface area contributed by atoms with E-state index in [-0.39, 0.29) is 0 Å². The zero-order valence-corrected chi connectivity index (χ0v) is 14.1. The molecule has 1 heterocycles. The van der Waals surface area contributed by atoms with Crippen LogP contribution in [0.2, 0.25) is 0 Å². The van der Waals surface area contributed by atoms with E-state index in [4.69, 9.17) is 0 Å². The second kappa shape index (κ2) is 3.92. The maximum absolute atomic E-state index is 10.9. The second-order valence-corrected chi connectivity index (χ2v) is 2.29. The summed E-state index contributed by atoms with van der Waals surface area (Å²) in [4.78, 5) is 28.2. The minimum absolute atomic E-state index is 0. The first-order valence-corrected chi connectivity index (χ1v) is 3.68. The first kappa shape index (κ1) is 9.90. The monoisotopic (exact) mass is 482 g/mol. The van der Waals surface area contributed by atoms with Gasteiger partial charge in [0.15, 0.2) is 11.2 Å². The molecule has 4 nitrogen and oxygen atoms in total. The van der Waals surface area contributed by atoms with Gasteiger partial charge in [0.25, 0.3) is 0 Å². The molecule has 1 aromatic heterocycles. The van der Waals surface area contributed by atoms with E-state index < -0.39 is 11.2 Å². The zero-order chi connectivity index (χ0) is 8.27. The van der Waals surface area contributed by atoms with Crippen LogP contribution in [0.3, 0.4) is 0 Å². The molecule has 0 saturated carbocycles. The molecule has 0 fully saturated rings. The number of nitrogens with one attached hydrogen (secondary N) is 1. The van der Waals surface area contributed by atoms with Gasteiger partial charge >= 0.3 is 0 Å². The molecule has 0 aliphatic heterocycles. The SMILES string of the molecule is O=c1[n-]cc(/C=C/Br)c(=O)[nH]1.[Rf]. The Morgan fingerprint density at radius 3 is 2.67 bits per heavy atom. The van der Waals surface area contributed by atoms with E-state index in [9.17, 15) is 9.59 Å². The van der Waals surface area contributed by atoms with Gasteiger partial charge in [-0.1, -0.05) is 22.1 Å². The normalized spacial score (nSPS) is 9.75. The molecule has 0 amide bonds. The molecule has 0 aliphatic rings. The predicted octanol–water partition coefficient (Wildman–Crippen LogP) is 0.0579. The Morgan fingerprint density at radius 2 is 2.17 bits per heavy atom. The van der Waals surface area contributed by atoms with Crippen LogP contribution in [0.5, 0.6) is 0 Å². The van der Waals surface area contributed by atoms with Gasteiger partial charge in [0.2, 0.25) is 0 Å². The second-order valence-electron chi connectivity index (χ2n) is 1.77. The molecule has 1 aromatic rings. The zero-order valence-electron chi connectivity index (χ0n) is 6.08. The number of H-pyrrole nitrogens is 1. The molecule has 12 heavy (non-hydrogen) atoms. The molecule has 0 aromatic carbocycles. The van der Waals surface area contributed by atoms with E-state index >= 15 is 0 Å². The van der Waals surface area contributed by atoms with Crippen LogP contribution >= 0.6 is 15.9 Å². The maximum Gasteiger partial charge on any atom is 0.177 e. The number of nitrogens with zero attached hydrogens (tertiary/aromatic N) is 1. The Bertz CT molecular complexity index is 382. The fourth-order valence-electron chi connectivity index (χ4n) is 0.575. The quantitative estimate of drug-likeness (QED) is 0.615. The summed E-state index contributed by atoms with van der Waals surface area (Å²) in [6, 6.07) is 0. The van der Waals surface area contributed by atoms with Crippen LogP contribution in [0.1, 0.15) is 5.56 Å². The van der Waals surface area contributed by atoms with E-state index in [0.717, 1.165) is 0 Å². The van der Waals surface area contributed by atoms with Gasteiger partial charge in [-0.2, -0.15) is 0 Å². The van der Waals surface area contributed by atoms with Crippen molar-refractivity contribution in [3.8, 4) is 0 Å². The molecule has 0 saturated heterocycles. The number of hydrogen-bond acceptors (Lipinski definition) is 2. The largest absolute Gasteiger partial charge is 0.407 e. The van der Waals surface area contributed by atoms with E-state index in [0.29, 0.717) is 5.56 Å². The summed E-state index contributed by atoms with van der Waals surface area (Å²) in [6.45, 7) is 0. The molecular formula is C6H4BrN2O2Rf-. The Balaban J connectivity index is 0.00000121. The van der Waals surface area contributed by atoms with Crippen molar-refractivity contribution in [1.29, 1.82) is 0 Å². The molecular weight excluding hydrogens is 479 g/mol. The van der Waals surface area contributed by atoms with Gasteiger partial charge in [0.05, 0.1) is 0 Å². The van der Waals surface area contributed by atoms with Crippen LogP contribution in [-0.4, -0.2) is 4.98 Å². The molecule has 0 bridgehead atoms. The maximum atomic E-state index is 10.9. The summed E-state index contributed by atoms with van der Waals surface area (Å²) < 4.78 is 0. The van der Waals surface area contributed by atoms with Crippen molar-refractivity contribution in [2.45, 2.75) is 0 Å². The van der Waals surface area contributed by atoms with Gasteiger partial charge < -0.3 is 9.97 Å². The Labute approximate surface area is 70.1 Å². The van der Waals surface area contributed by atoms with Gasteiger partial charge in [0, 0.05) is 5.56 Å². The van der Waals surface area contributed by atoms with Gasteiger partial charge in [0.1, 0.15) is 0 Å². The van der Waals surface area contributed by atoms with Crippen LogP contribution in [0.4, 0.5) is 0 Å². The molecule has 60 valence electrons. The van der Waals surface area contributed by atoms with Crippen molar-refractivity contribution in [3.05, 3.63) is 37.6 Å². The Morgan fingerprint density at radius 1 is 1.50 bits per heavy atom. The average molecular weight is 483 g/mol. The predicted molar refractivity (Wildman–Crippen MR) is 44.6 cm³/mol. The van der Waals surface area contributed by atoms with Crippen molar-refractivity contribution in [2.75, 3.05) is 0 Å². The topological polar surface area (TPSA) is 64.0 Å². The standard InChI is InChI=1S/C6H5BrN2O2.Rf/c7-2-1-4-3-8-6(11)9-5(4)10;/h1-3H,(H2,8,9,10,11);/p-1/b2-1+;. The molecule has 0 atom stereocenters. The van der Waals surface area contributed by atoms with E-state index in [1.807, 2.05) is 4.98 Å². The van der Waals surface area contributed by atoms with E-state index in [1.165, 1.54) is 17.3 Å². The number of halogens is 1. The molecule has 0 spiro atoms. The van der Waals surface area contributed by atoms with Crippen molar-refractivity contribution in [1.82, 2.24) is 9.97 Å². The molecule has 0 radical (unpaired) electrons. The van der Waals surface area contributed by atoms with Crippen molar-refractivity contribution >= 4 is 22.0 Å². The fraction of sp³-hybridized carbons (Fsp3) is 0. The van der Waals surface area contributed by atoms with Crippen LogP contribution in [0, 0.1) is 0 Å². The molecule has 1 N–H and O–H groups in total. The van der Waals surface area contributed by atoms with Crippen LogP contribution in [0.25, 0.3) is 6.08 Å². The number of aromatic amines is 1. The summed E-state index contributed by atoms with van der Waals surface area (Å²) in [5, 5.41) is 0. The average Bonchev–Trinajstić information content (AvgIpc) is 1.95. The number of rotatable bonds is 1. The van der Waals surface area contributed by atoms with Gasteiger partial charge in [-0.25, -0.2) is 0 Å². The Kier molecular flexibility index (Phi) is 3.24. The minimum atomic E-state index is -0.623. The summed E-state index contributed by atoms with van der Waals surface area (Å²) in [5.41, 5.74) is -0.705. The molecule has 0 aliphatic carbocycles. The summed E-state index contributed by atoms with van der Waals surface area (Å²) in [7, 11) is 0. The third-order valence-corrected chi connectivity index (χ3v) is 1.31.